The molecule has 0 saturated carbocycles. The lowest BCUT2D eigenvalue weighted by molar-refractivity contribution is 0.840. The Balaban J connectivity index is 0. The fraction of sp³-hybridized carbons (Fsp3) is 0.474. The minimum atomic E-state index is 0.0422. The van der Waals surface area contributed by atoms with Gasteiger partial charge < -0.3 is 9.13 Å². The van der Waals surface area contributed by atoms with Crippen molar-refractivity contribution in [2.75, 3.05) is 0 Å². The van der Waals surface area contributed by atoms with E-state index in [-0.39, 0.29) is 11.1 Å². The molecule has 0 amide bonds. The first-order valence-corrected chi connectivity index (χ1v) is 8.08. The third-order valence-corrected chi connectivity index (χ3v) is 2.73. The summed E-state index contributed by atoms with van der Waals surface area (Å²) in [6, 6.07) is 5.26. The Morgan fingerprint density at radius 3 is 1.61 bits per heavy atom. The summed E-state index contributed by atoms with van der Waals surface area (Å²) in [5.41, 5.74) is 3.17. The van der Waals surface area contributed by atoms with E-state index < -0.39 is 0 Å². The average Bonchev–Trinajstić information content (AvgIpc) is 2.53. The second kappa shape index (κ2) is 12.4. The molecule has 0 spiro atoms. The molecule has 4 nitrogen and oxygen atoms in total. The molecule has 2 aromatic heterocycles. The summed E-state index contributed by atoms with van der Waals surface area (Å²) in [4.78, 5) is 21.8. The molecular weight excluding hydrogens is 288 g/mol. The Hall–Kier alpha value is -2.10. The number of aromatic nitrogens is 2. The topological polar surface area (TPSA) is 44.0 Å². The Morgan fingerprint density at radius 1 is 0.739 bits per heavy atom. The van der Waals surface area contributed by atoms with E-state index >= 15 is 0 Å². The van der Waals surface area contributed by atoms with Gasteiger partial charge in [0.25, 0.3) is 5.56 Å². The normalized spacial score (nSPS) is 8.57. The van der Waals surface area contributed by atoms with Gasteiger partial charge in [-0.15, -0.1) is 0 Å². The van der Waals surface area contributed by atoms with Crippen molar-refractivity contribution in [1.29, 1.82) is 0 Å². The summed E-state index contributed by atoms with van der Waals surface area (Å²) in [5.74, 6) is 0. The van der Waals surface area contributed by atoms with Gasteiger partial charge in [-0.25, -0.2) is 0 Å². The molecule has 2 aromatic rings. The first kappa shape index (κ1) is 23.2. The van der Waals surface area contributed by atoms with Crippen LogP contribution < -0.4 is 11.1 Å². The van der Waals surface area contributed by atoms with Crippen molar-refractivity contribution >= 4 is 0 Å². The van der Waals surface area contributed by atoms with Gasteiger partial charge in [0.15, 0.2) is 0 Å². The van der Waals surface area contributed by atoms with E-state index in [1.54, 1.807) is 29.3 Å². The van der Waals surface area contributed by atoms with Crippen LogP contribution in [0.25, 0.3) is 0 Å². The SMILES string of the molecule is CC.CC.Cc1cc(C)c(=O)n(C)c1.Cc1ccc(=O)n(C)c1. The van der Waals surface area contributed by atoms with Crippen molar-refractivity contribution in [2.45, 2.75) is 48.5 Å². The van der Waals surface area contributed by atoms with Crippen molar-refractivity contribution in [1.82, 2.24) is 9.13 Å². The molecule has 0 N–H and O–H groups in total. The molecule has 0 aliphatic heterocycles. The molecule has 23 heavy (non-hydrogen) atoms. The smallest absolute Gasteiger partial charge is 0.253 e. The van der Waals surface area contributed by atoms with Crippen LogP contribution in [0.5, 0.6) is 0 Å². The minimum absolute atomic E-state index is 0.0422. The highest BCUT2D eigenvalue weighted by Gasteiger charge is 1.94. The van der Waals surface area contributed by atoms with E-state index in [0.717, 1.165) is 16.7 Å². The first-order valence-electron chi connectivity index (χ1n) is 8.08. The van der Waals surface area contributed by atoms with Gasteiger partial charge in [-0.1, -0.05) is 33.8 Å². The Bertz CT molecular complexity index is 656. The lowest BCUT2D eigenvalue weighted by Crippen LogP contribution is -2.18. The third-order valence-electron chi connectivity index (χ3n) is 2.73. The van der Waals surface area contributed by atoms with Gasteiger partial charge in [0.1, 0.15) is 0 Å². The van der Waals surface area contributed by atoms with E-state index in [4.69, 9.17) is 0 Å². The van der Waals surface area contributed by atoms with Crippen molar-refractivity contribution in [2.24, 2.45) is 14.1 Å². The second-order valence-electron chi connectivity index (χ2n) is 4.77. The zero-order valence-corrected chi connectivity index (χ0v) is 16.1. The summed E-state index contributed by atoms with van der Waals surface area (Å²) < 4.78 is 3.17. The molecular formula is C19H32N2O2. The van der Waals surface area contributed by atoms with E-state index in [9.17, 15) is 9.59 Å². The van der Waals surface area contributed by atoms with Crippen LogP contribution >= 0.6 is 0 Å². The van der Waals surface area contributed by atoms with Gasteiger partial charge >= 0.3 is 0 Å². The maximum Gasteiger partial charge on any atom is 0.253 e. The molecule has 0 aliphatic rings. The molecule has 0 radical (unpaired) electrons. The summed E-state index contributed by atoms with van der Waals surface area (Å²) in [6.45, 7) is 13.8. The van der Waals surface area contributed by atoms with Crippen LogP contribution in [0.3, 0.4) is 0 Å². The molecule has 4 heteroatoms. The average molecular weight is 320 g/mol. The number of nitrogens with zero attached hydrogens (tertiary/aromatic N) is 2. The highest BCUT2D eigenvalue weighted by Crippen LogP contribution is 1.94. The maximum atomic E-state index is 11.1. The molecule has 0 fully saturated rings. The zero-order chi connectivity index (χ0) is 18.6. The minimum Gasteiger partial charge on any atom is -0.318 e. The van der Waals surface area contributed by atoms with Crippen LogP contribution in [-0.4, -0.2) is 9.13 Å². The molecule has 0 saturated heterocycles. The molecule has 0 bridgehead atoms. The molecule has 2 heterocycles. The monoisotopic (exact) mass is 320 g/mol. The van der Waals surface area contributed by atoms with E-state index in [1.165, 1.54) is 0 Å². The van der Waals surface area contributed by atoms with Gasteiger partial charge in [-0.05, 0) is 38.0 Å². The molecule has 130 valence electrons. The second-order valence-corrected chi connectivity index (χ2v) is 4.77. The predicted octanol–water partition coefficient (Wildman–Crippen LogP) is 3.75. The number of aryl methyl sites for hydroxylation is 5. The van der Waals surface area contributed by atoms with Crippen LogP contribution in [0.1, 0.15) is 44.4 Å². The third kappa shape index (κ3) is 8.81. The van der Waals surface area contributed by atoms with Crippen LogP contribution in [0, 0.1) is 20.8 Å². The van der Waals surface area contributed by atoms with Gasteiger partial charge in [0.05, 0.1) is 0 Å². The van der Waals surface area contributed by atoms with Crippen LogP contribution in [0.2, 0.25) is 0 Å². The van der Waals surface area contributed by atoms with Gasteiger partial charge in [0, 0.05) is 38.1 Å². The van der Waals surface area contributed by atoms with Crippen LogP contribution in [0.4, 0.5) is 0 Å². The van der Waals surface area contributed by atoms with Gasteiger partial charge in [-0.3, -0.25) is 9.59 Å². The lowest BCUT2D eigenvalue weighted by atomic mass is 10.2. The number of hydrogen-bond acceptors (Lipinski definition) is 2. The molecule has 0 unspecified atom stereocenters. The zero-order valence-electron chi connectivity index (χ0n) is 16.1. The Labute approximate surface area is 140 Å². The first-order chi connectivity index (χ1) is 10.8. The summed E-state index contributed by atoms with van der Waals surface area (Å²) >= 11 is 0. The van der Waals surface area contributed by atoms with Crippen molar-refractivity contribution in [3.63, 3.8) is 0 Å². The number of rotatable bonds is 0. The van der Waals surface area contributed by atoms with Crippen LogP contribution in [-0.2, 0) is 14.1 Å². The van der Waals surface area contributed by atoms with Crippen LogP contribution in [0.15, 0.2) is 40.2 Å². The summed E-state index contributed by atoms with van der Waals surface area (Å²) in [7, 11) is 3.51. The van der Waals surface area contributed by atoms with Gasteiger partial charge in [-0.2, -0.15) is 0 Å². The van der Waals surface area contributed by atoms with E-state index in [2.05, 4.69) is 0 Å². The van der Waals surface area contributed by atoms with Crippen molar-refractivity contribution < 1.29 is 0 Å². The predicted molar refractivity (Wildman–Crippen MR) is 100 cm³/mol. The van der Waals surface area contributed by atoms with Crippen molar-refractivity contribution in [3.8, 4) is 0 Å². The lowest BCUT2D eigenvalue weighted by Gasteiger charge is -1.99. The highest BCUT2D eigenvalue weighted by atomic mass is 16.1. The molecule has 0 aromatic carbocycles. The molecule has 0 aliphatic carbocycles. The van der Waals surface area contributed by atoms with Crippen molar-refractivity contribution in [3.05, 3.63) is 68.0 Å². The summed E-state index contributed by atoms with van der Waals surface area (Å²) in [5, 5.41) is 0. The highest BCUT2D eigenvalue weighted by molar-refractivity contribution is 5.15. The largest absolute Gasteiger partial charge is 0.318 e. The molecule has 0 atom stereocenters. The van der Waals surface area contributed by atoms with Gasteiger partial charge in [0.2, 0.25) is 5.56 Å². The Kier molecular flexibility index (Phi) is 12.5. The van der Waals surface area contributed by atoms with E-state index in [1.807, 2.05) is 73.0 Å². The standard InChI is InChI=1S/C8H11NO.C7H9NO.2C2H6/c1-6-4-7(2)8(10)9(3)5-6;1-6-3-4-7(9)8(2)5-6;2*1-2/h4-5H,1-3H3;3-5H,1-2H3;2*1-2H3. The quantitative estimate of drug-likeness (QED) is 0.742. The maximum absolute atomic E-state index is 11.1. The molecule has 2 rings (SSSR count). The number of pyridine rings is 2. The fourth-order valence-electron chi connectivity index (χ4n) is 1.82. The number of hydrogen-bond donors (Lipinski definition) is 0. The van der Waals surface area contributed by atoms with E-state index in [0.29, 0.717) is 0 Å². The fourth-order valence-corrected chi connectivity index (χ4v) is 1.82. The summed E-state index contributed by atoms with van der Waals surface area (Å²) in [6.07, 6.45) is 3.64. The Morgan fingerprint density at radius 2 is 1.22 bits per heavy atom.